The molecular weight excluding hydrogens is 408 g/mol. The van der Waals surface area contributed by atoms with E-state index in [2.05, 4.69) is 9.97 Å². The van der Waals surface area contributed by atoms with Gasteiger partial charge in [-0.25, -0.2) is 27.6 Å². The van der Waals surface area contributed by atoms with Crippen molar-refractivity contribution in [2.75, 3.05) is 30.8 Å². The van der Waals surface area contributed by atoms with Crippen molar-refractivity contribution >= 4 is 21.9 Å². The molecule has 13 heteroatoms. The molecule has 1 aromatic rings. The van der Waals surface area contributed by atoms with Crippen molar-refractivity contribution in [2.45, 2.75) is 37.4 Å². The van der Waals surface area contributed by atoms with E-state index in [0.717, 1.165) is 44.6 Å². The Labute approximate surface area is 159 Å². The maximum absolute atomic E-state index is 12.9. The van der Waals surface area contributed by atoms with Gasteiger partial charge in [0.2, 0.25) is 16.0 Å². The molecule has 2 fully saturated rings. The maximum atomic E-state index is 12.9. The molecule has 1 N–H and O–H groups in total. The summed E-state index contributed by atoms with van der Waals surface area (Å²) in [7, 11) is -3.22. The van der Waals surface area contributed by atoms with Gasteiger partial charge < -0.3 is 10.0 Å². The normalized spacial score (nSPS) is 23.4. The molecule has 8 nitrogen and oxygen atoms in total. The highest BCUT2D eigenvalue weighted by Gasteiger charge is 2.48. The summed E-state index contributed by atoms with van der Waals surface area (Å²) in [6.45, 7) is 1.92. The fourth-order valence-electron chi connectivity index (χ4n) is 3.59. The van der Waals surface area contributed by atoms with Gasteiger partial charge >= 0.3 is 12.1 Å². The minimum atomic E-state index is -5.08. The number of anilines is 1. The van der Waals surface area contributed by atoms with E-state index in [4.69, 9.17) is 9.90 Å². The second-order valence-electron chi connectivity index (χ2n) is 6.69. The molecule has 1 aromatic heterocycles. The van der Waals surface area contributed by atoms with Crippen LogP contribution in [-0.2, 0) is 14.8 Å². The Balaban J connectivity index is 0.000000345. The molecule has 28 heavy (non-hydrogen) atoms. The van der Waals surface area contributed by atoms with Crippen LogP contribution in [0.1, 0.15) is 25.7 Å². The van der Waals surface area contributed by atoms with E-state index in [1.54, 1.807) is 4.31 Å². The highest BCUT2D eigenvalue weighted by Crippen LogP contribution is 2.39. The zero-order valence-corrected chi connectivity index (χ0v) is 15.8. The molecule has 1 spiro atoms. The van der Waals surface area contributed by atoms with Gasteiger partial charge in [0.05, 0.1) is 24.2 Å². The molecule has 0 aromatic carbocycles. The molecule has 2 aliphatic heterocycles. The van der Waals surface area contributed by atoms with Gasteiger partial charge in [0, 0.05) is 19.6 Å². The number of piperidine rings is 1. The molecule has 1 unspecified atom stereocenters. The van der Waals surface area contributed by atoms with E-state index in [1.807, 2.05) is 4.90 Å². The minimum Gasteiger partial charge on any atom is -0.475 e. The Hall–Kier alpha value is -2.02. The Morgan fingerprint density at radius 2 is 1.68 bits per heavy atom. The number of alkyl halides is 3. The number of carboxylic acid groups (broad SMARTS) is 1. The standard InChI is InChI=1S/C13H19FN4O2S.C2HF3O2/c1-21(19,20)18-7-3-5-13(18)4-2-6-17(10-13)12-15-8-11(14)9-16-12;3-2(4,5)1(6)7/h8-9H,2-7,10H2,1H3;(H,6,7). The number of hydrogen-bond donors (Lipinski definition) is 1. The smallest absolute Gasteiger partial charge is 0.475 e. The number of aliphatic carboxylic acids is 1. The summed E-state index contributed by atoms with van der Waals surface area (Å²) < 4.78 is 70.3. The second-order valence-corrected chi connectivity index (χ2v) is 8.60. The first-order chi connectivity index (χ1) is 12.8. The number of carbonyl (C=O) groups is 1. The molecule has 158 valence electrons. The second kappa shape index (κ2) is 8.15. The summed E-state index contributed by atoms with van der Waals surface area (Å²) in [5.74, 6) is -2.76. The van der Waals surface area contributed by atoms with Crippen LogP contribution in [-0.4, -0.2) is 71.4 Å². The monoisotopic (exact) mass is 428 g/mol. The lowest BCUT2D eigenvalue weighted by molar-refractivity contribution is -0.192. The molecule has 0 amide bonds. The van der Waals surface area contributed by atoms with Crippen LogP contribution >= 0.6 is 0 Å². The highest BCUT2D eigenvalue weighted by molar-refractivity contribution is 7.88. The third kappa shape index (κ3) is 5.28. The number of rotatable bonds is 2. The van der Waals surface area contributed by atoms with Crippen molar-refractivity contribution in [3.63, 3.8) is 0 Å². The summed E-state index contributed by atoms with van der Waals surface area (Å²) in [5.41, 5.74) is -0.358. The van der Waals surface area contributed by atoms with Crippen LogP contribution in [0, 0.1) is 5.82 Å². The van der Waals surface area contributed by atoms with Gasteiger partial charge in [0.15, 0.2) is 5.82 Å². The number of sulfonamides is 1. The van der Waals surface area contributed by atoms with Gasteiger partial charge in [-0.1, -0.05) is 0 Å². The van der Waals surface area contributed by atoms with Crippen LogP contribution < -0.4 is 4.90 Å². The zero-order valence-electron chi connectivity index (χ0n) is 15.0. The quantitative estimate of drug-likeness (QED) is 0.715. The molecule has 0 saturated carbocycles. The lowest BCUT2D eigenvalue weighted by Gasteiger charge is -2.44. The van der Waals surface area contributed by atoms with E-state index in [1.165, 1.54) is 6.26 Å². The number of halogens is 4. The molecule has 3 rings (SSSR count). The largest absolute Gasteiger partial charge is 0.490 e. The van der Waals surface area contributed by atoms with E-state index >= 15 is 0 Å². The summed E-state index contributed by atoms with van der Waals surface area (Å²) in [6, 6.07) is 0. The summed E-state index contributed by atoms with van der Waals surface area (Å²) in [6.07, 6.45) is 1.96. The summed E-state index contributed by atoms with van der Waals surface area (Å²) in [4.78, 5) is 18.9. The van der Waals surface area contributed by atoms with Crippen molar-refractivity contribution in [3.8, 4) is 0 Å². The summed E-state index contributed by atoms with van der Waals surface area (Å²) >= 11 is 0. The molecular formula is C15H20F4N4O4S. The fourth-order valence-corrected chi connectivity index (χ4v) is 5.00. The highest BCUT2D eigenvalue weighted by atomic mass is 32.2. The van der Waals surface area contributed by atoms with Gasteiger partial charge in [-0.2, -0.15) is 17.5 Å². The molecule has 0 aliphatic carbocycles. The number of aromatic nitrogens is 2. The Bertz CT molecular complexity index is 803. The van der Waals surface area contributed by atoms with E-state index in [0.29, 0.717) is 19.0 Å². The molecule has 0 bridgehead atoms. The molecule has 2 saturated heterocycles. The van der Waals surface area contributed by atoms with Crippen LogP contribution in [0.5, 0.6) is 0 Å². The van der Waals surface area contributed by atoms with Gasteiger partial charge in [-0.3, -0.25) is 0 Å². The van der Waals surface area contributed by atoms with E-state index < -0.39 is 28.0 Å². The Kier molecular flexibility index (Phi) is 6.48. The Morgan fingerprint density at radius 3 is 2.14 bits per heavy atom. The van der Waals surface area contributed by atoms with Gasteiger partial charge in [0.1, 0.15) is 0 Å². The van der Waals surface area contributed by atoms with E-state index in [-0.39, 0.29) is 5.54 Å². The van der Waals surface area contributed by atoms with Gasteiger partial charge in [0.25, 0.3) is 0 Å². The van der Waals surface area contributed by atoms with Crippen LogP contribution in [0.15, 0.2) is 12.4 Å². The van der Waals surface area contributed by atoms with Crippen molar-refractivity contribution in [2.24, 2.45) is 0 Å². The summed E-state index contributed by atoms with van der Waals surface area (Å²) in [5, 5.41) is 7.12. The first-order valence-electron chi connectivity index (χ1n) is 8.36. The van der Waals surface area contributed by atoms with Gasteiger partial charge in [-0.05, 0) is 25.7 Å². The lowest BCUT2D eigenvalue weighted by Crippen LogP contribution is -2.57. The molecule has 3 heterocycles. The van der Waals surface area contributed by atoms with Gasteiger partial charge in [-0.15, -0.1) is 0 Å². The lowest BCUT2D eigenvalue weighted by atomic mass is 9.88. The SMILES string of the molecule is CS(=O)(=O)N1CCCC12CCCN(c1ncc(F)cn1)C2.O=C(O)C(F)(F)F. The van der Waals surface area contributed by atoms with Crippen LogP contribution in [0.2, 0.25) is 0 Å². The molecule has 0 radical (unpaired) electrons. The topological polar surface area (TPSA) is 104 Å². The molecule has 2 aliphatic rings. The van der Waals surface area contributed by atoms with Crippen molar-refractivity contribution in [3.05, 3.63) is 18.2 Å². The van der Waals surface area contributed by atoms with E-state index in [9.17, 15) is 26.0 Å². The minimum absolute atomic E-state index is 0.358. The Morgan fingerprint density at radius 1 is 1.18 bits per heavy atom. The third-order valence-electron chi connectivity index (χ3n) is 4.62. The van der Waals surface area contributed by atoms with Crippen LogP contribution in [0.4, 0.5) is 23.5 Å². The predicted molar refractivity (Wildman–Crippen MR) is 90.6 cm³/mol. The van der Waals surface area contributed by atoms with Crippen LogP contribution in [0.25, 0.3) is 0 Å². The average molecular weight is 428 g/mol. The first kappa shape index (κ1) is 22.3. The number of carboxylic acids is 1. The number of nitrogens with zero attached hydrogens (tertiary/aromatic N) is 4. The van der Waals surface area contributed by atoms with Crippen LogP contribution in [0.3, 0.4) is 0 Å². The molecule has 1 atom stereocenters. The third-order valence-corrected chi connectivity index (χ3v) is 5.99. The van der Waals surface area contributed by atoms with Crippen molar-refractivity contribution < 1.29 is 35.9 Å². The zero-order chi connectivity index (χ0) is 21.2. The number of hydrogen-bond acceptors (Lipinski definition) is 6. The van der Waals surface area contributed by atoms with Crippen molar-refractivity contribution in [1.82, 2.24) is 14.3 Å². The predicted octanol–water partition coefficient (Wildman–Crippen LogP) is 1.64. The average Bonchev–Trinajstić information content (AvgIpc) is 2.98. The maximum Gasteiger partial charge on any atom is 0.490 e. The van der Waals surface area contributed by atoms with Crippen molar-refractivity contribution in [1.29, 1.82) is 0 Å². The first-order valence-corrected chi connectivity index (χ1v) is 10.2. The fraction of sp³-hybridized carbons (Fsp3) is 0.667.